The number of hydrogen-bond donors (Lipinski definition) is 0. The Bertz CT molecular complexity index is 14.4. The molecule has 0 radical (unpaired) electrons. The van der Waals surface area contributed by atoms with E-state index in [1.807, 2.05) is 0 Å². The molecular formula is Al2O7Pt2. The molecule has 0 unspecified atom stereocenters. The number of hydrogen-bond acceptors (Lipinski definition) is 0. The van der Waals surface area contributed by atoms with E-state index in [-0.39, 0.29) is 115 Å². The molecule has 11 heavy (non-hydrogen) atoms. The Labute approximate surface area is 114 Å². The van der Waals surface area contributed by atoms with Crippen LogP contribution >= 0.6 is 0 Å². The van der Waals surface area contributed by atoms with Crippen molar-refractivity contribution in [1.82, 2.24) is 0 Å². The molecule has 0 aromatic rings. The van der Waals surface area contributed by atoms with E-state index < -0.39 is 0 Å². The summed E-state index contributed by atoms with van der Waals surface area (Å²) >= 11 is 0. The summed E-state index contributed by atoms with van der Waals surface area (Å²) in [6.45, 7) is 0. The second kappa shape index (κ2) is 324. The zero-order chi connectivity index (χ0) is 0. The van der Waals surface area contributed by atoms with Gasteiger partial charge >= 0.3 is 76.9 Å². The molecule has 0 aliphatic rings. The Morgan fingerprint density at radius 1 is 0.273 bits per heavy atom. The van der Waals surface area contributed by atoms with Crippen LogP contribution in [0.25, 0.3) is 0 Å². The van der Waals surface area contributed by atoms with Gasteiger partial charge in [-0.2, -0.15) is 0 Å². The first-order valence-corrected chi connectivity index (χ1v) is 0. The summed E-state index contributed by atoms with van der Waals surface area (Å²) in [5, 5.41) is 0. The van der Waals surface area contributed by atoms with Crippen LogP contribution in [0.5, 0.6) is 0 Å². The summed E-state index contributed by atoms with van der Waals surface area (Å²) in [7, 11) is 0. The molecule has 0 N–H and O–H groups in total. The van der Waals surface area contributed by atoms with Crippen molar-refractivity contribution in [2.24, 2.45) is 0 Å². The molecule has 0 spiro atoms. The standard InChI is InChI=1S/2Al.7O.2Pt/q2*+3;7*-2;2*+4. The molecule has 0 saturated heterocycles. The van der Waals surface area contributed by atoms with E-state index in [9.17, 15) is 0 Å². The normalized spacial score (nSPS) is 0. The Kier molecular flexibility index (Phi) is 12300. The first-order chi connectivity index (χ1) is 0. The molecule has 0 aromatic carbocycles. The van der Waals surface area contributed by atoms with Crippen LogP contribution in [0.15, 0.2) is 0 Å². The minimum atomic E-state index is 0. The van der Waals surface area contributed by atoms with Gasteiger partial charge in [-0.15, -0.1) is 0 Å². The minimum absolute atomic E-state index is 0. The van der Waals surface area contributed by atoms with Gasteiger partial charge in [0.05, 0.1) is 0 Å². The third-order valence-electron chi connectivity index (χ3n) is 0. The predicted octanol–water partition coefficient (Wildman–Crippen LogP) is -1.60. The van der Waals surface area contributed by atoms with E-state index in [1.54, 1.807) is 0 Å². The average Bonchev–Trinajstić information content (AvgIpc) is 0. The van der Waals surface area contributed by atoms with Gasteiger partial charge in [0.1, 0.15) is 0 Å². The van der Waals surface area contributed by atoms with Crippen LogP contribution in [0.4, 0.5) is 0 Å². The van der Waals surface area contributed by atoms with E-state index in [2.05, 4.69) is 0 Å². The van der Waals surface area contributed by atoms with Crippen LogP contribution in [0.3, 0.4) is 0 Å². The van der Waals surface area contributed by atoms with E-state index in [0.717, 1.165) is 0 Å². The van der Waals surface area contributed by atoms with Gasteiger partial charge in [0.15, 0.2) is 0 Å². The topological polar surface area (TPSA) is 200 Å². The fourth-order valence-electron chi connectivity index (χ4n) is 0. The van der Waals surface area contributed by atoms with Crippen LogP contribution in [0, 0.1) is 0 Å². The molecule has 0 heterocycles. The van der Waals surface area contributed by atoms with E-state index >= 15 is 0 Å². The molecule has 0 amide bonds. The van der Waals surface area contributed by atoms with Crippen molar-refractivity contribution in [3.63, 3.8) is 0 Å². The molecule has 0 aromatic heterocycles. The fraction of sp³-hybridized carbons (Fsp3) is 0. The molecule has 0 fully saturated rings. The third kappa shape index (κ3) is 269. The SMILES string of the molecule is [Al+3].[Al+3].[O-2].[O-2].[O-2].[O-2].[O-2].[O-2].[O-2].[Pt+4].[Pt+4]. The molecule has 0 aliphatic heterocycles. The Morgan fingerprint density at radius 2 is 0.273 bits per heavy atom. The first kappa shape index (κ1) is 417. The maximum absolute atomic E-state index is 0. The van der Waals surface area contributed by atoms with E-state index in [0.29, 0.717) is 0 Å². The monoisotopic (exact) mass is 556 g/mol. The van der Waals surface area contributed by atoms with Crippen molar-refractivity contribution < 1.29 is 80.5 Å². The molecular weight excluding hydrogens is 556 g/mol. The third-order valence-corrected chi connectivity index (χ3v) is 0. The summed E-state index contributed by atoms with van der Waals surface area (Å²) in [5.41, 5.74) is 0. The maximum atomic E-state index is 0. The summed E-state index contributed by atoms with van der Waals surface area (Å²) in [6.07, 6.45) is 0. The smallest absolute Gasteiger partial charge is 2.00 e. The minimum Gasteiger partial charge on any atom is -2.00 e. The largest absolute Gasteiger partial charge is 4.00 e. The quantitative estimate of drug-likeness (QED) is 0.310. The molecule has 0 atom stereocenters. The van der Waals surface area contributed by atoms with Crippen LogP contribution in [-0.4, -0.2) is 34.7 Å². The van der Waals surface area contributed by atoms with Crippen molar-refractivity contribution in [1.29, 1.82) is 0 Å². The summed E-state index contributed by atoms with van der Waals surface area (Å²) in [6, 6.07) is 0. The zero-order valence-corrected chi connectivity index (χ0v) is 11.5. The summed E-state index contributed by atoms with van der Waals surface area (Å²) in [5.74, 6) is 0. The van der Waals surface area contributed by atoms with Crippen LogP contribution in [-0.2, 0) is 80.5 Å². The molecule has 0 aliphatic carbocycles. The van der Waals surface area contributed by atoms with Gasteiger partial charge in [-0.05, 0) is 0 Å². The van der Waals surface area contributed by atoms with Crippen molar-refractivity contribution >= 4 is 34.7 Å². The Hall–Kier alpha value is 2.16. The predicted molar refractivity (Wildman–Crippen MR) is 16.3 cm³/mol. The van der Waals surface area contributed by atoms with Crippen LogP contribution in [0.1, 0.15) is 0 Å². The van der Waals surface area contributed by atoms with Gasteiger partial charge in [-0.25, -0.2) is 0 Å². The van der Waals surface area contributed by atoms with Crippen molar-refractivity contribution in [2.45, 2.75) is 0 Å². The van der Waals surface area contributed by atoms with Crippen LogP contribution in [0.2, 0.25) is 0 Å². The zero-order valence-electron chi connectivity index (χ0n) is 4.64. The van der Waals surface area contributed by atoms with Gasteiger partial charge in [0.25, 0.3) is 0 Å². The maximum Gasteiger partial charge on any atom is 4.00 e. The molecule has 11 heteroatoms. The molecule has 0 rings (SSSR count). The van der Waals surface area contributed by atoms with E-state index in [4.69, 9.17) is 0 Å². The van der Waals surface area contributed by atoms with Crippen molar-refractivity contribution in [3.05, 3.63) is 0 Å². The van der Waals surface area contributed by atoms with Crippen LogP contribution < -0.4 is 0 Å². The van der Waals surface area contributed by atoms with Gasteiger partial charge in [0.2, 0.25) is 0 Å². The van der Waals surface area contributed by atoms with Gasteiger partial charge in [0, 0.05) is 0 Å². The molecule has 0 saturated carbocycles. The molecule has 0 bridgehead atoms. The van der Waals surface area contributed by atoms with E-state index in [1.165, 1.54) is 0 Å². The fourth-order valence-corrected chi connectivity index (χ4v) is 0. The van der Waals surface area contributed by atoms with Gasteiger partial charge in [-0.3, -0.25) is 0 Å². The Balaban J connectivity index is 0. The Morgan fingerprint density at radius 3 is 0.273 bits per heavy atom. The summed E-state index contributed by atoms with van der Waals surface area (Å²) < 4.78 is 0. The second-order valence-electron chi connectivity index (χ2n) is 0. The molecule has 7 nitrogen and oxygen atoms in total. The number of rotatable bonds is 0. The first-order valence-electron chi connectivity index (χ1n) is 0. The summed E-state index contributed by atoms with van der Waals surface area (Å²) in [4.78, 5) is 0. The van der Waals surface area contributed by atoms with Crippen molar-refractivity contribution in [3.8, 4) is 0 Å². The molecule has 68 valence electrons. The van der Waals surface area contributed by atoms with Gasteiger partial charge in [-0.1, -0.05) is 0 Å². The second-order valence-corrected chi connectivity index (χ2v) is 0. The van der Waals surface area contributed by atoms with Gasteiger partial charge < -0.3 is 38.3 Å². The average molecular weight is 556 g/mol. The van der Waals surface area contributed by atoms with Crippen molar-refractivity contribution in [2.75, 3.05) is 0 Å².